The van der Waals surface area contributed by atoms with Gasteiger partial charge in [-0.3, -0.25) is 4.79 Å². The lowest BCUT2D eigenvalue weighted by Gasteiger charge is -2.23. The fraction of sp³-hybridized carbons (Fsp3) is 0.409. The van der Waals surface area contributed by atoms with Crippen molar-refractivity contribution in [2.45, 2.75) is 57.6 Å². The molecule has 1 amide bonds. The number of aryl methyl sites for hydroxylation is 2. The van der Waals surface area contributed by atoms with E-state index in [0.717, 1.165) is 16.7 Å². The van der Waals surface area contributed by atoms with Crippen LogP contribution in [0.5, 0.6) is 5.75 Å². The van der Waals surface area contributed by atoms with Crippen LogP contribution in [-0.2, 0) is 14.6 Å². The van der Waals surface area contributed by atoms with E-state index in [-0.39, 0.29) is 16.8 Å². The van der Waals surface area contributed by atoms with Gasteiger partial charge in [-0.25, -0.2) is 8.42 Å². The average Bonchev–Trinajstić information content (AvgIpc) is 2.62. The summed E-state index contributed by atoms with van der Waals surface area (Å²) in [5, 5.41) is 3.03. The molecule has 0 aliphatic carbocycles. The predicted molar refractivity (Wildman–Crippen MR) is 111 cm³/mol. The molecule has 0 heterocycles. The minimum atomic E-state index is -3.24. The first kappa shape index (κ1) is 22.0. The van der Waals surface area contributed by atoms with Crippen LogP contribution < -0.4 is 10.1 Å². The Labute approximate surface area is 168 Å². The summed E-state index contributed by atoms with van der Waals surface area (Å²) in [5.41, 5.74) is 3.04. The smallest absolute Gasteiger partial charge is 0.261 e. The molecule has 2 atom stereocenters. The lowest BCUT2D eigenvalue weighted by atomic mass is 10.0. The minimum absolute atomic E-state index is 0.180. The zero-order chi connectivity index (χ0) is 20.9. The molecule has 2 aromatic rings. The van der Waals surface area contributed by atoms with E-state index in [1.807, 2.05) is 39.8 Å². The van der Waals surface area contributed by atoms with Crippen LogP contribution >= 0.6 is 0 Å². The first-order chi connectivity index (χ1) is 13.1. The Bertz CT molecular complexity index is 900. The van der Waals surface area contributed by atoms with Gasteiger partial charge in [0.15, 0.2) is 15.9 Å². The Morgan fingerprint density at radius 3 is 2.04 bits per heavy atom. The molecule has 2 rings (SSSR count). The number of rotatable bonds is 8. The van der Waals surface area contributed by atoms with E-state index in [1.54, 1.807) is 24.3 Å². The normalized spacial score (nSPS) is 13.6. The van der Waals surface area contributed by atoms with Crippen LogP contribution in [0.2, 0.25) is 0 Å². The Kier molecular flexibility index (Phi) is 7.24. The topological polar surface area (TPSA) is 72.5 Å². The van der Waals surface area contributed by atoms with Crippen molar-refractivity contribution in [2.24, 2.45) is 0 Å². The number of sulfone groups is 1. The molecular formula is C22H29NO4S. The summed E-state index contributed by atoms with van der Waals surface area (Å²) < 4.78 is 29.2. The lowest BCUT2D eigenvalue weighted by molar-refractivity contribution is -0.129. The molecule has 28 heavy (non-hydrogen) atoms. The van der Waals surface area contributed by atoms with Crippen molar-refractivity contribution in [2.75, 3.05) is 6.26 Å². The van der Waals surface area contributed by atoms with Gasteiger partial charge in [0.25, 0.3) is 5.91 Å². The molecule has 1 N–H and O–H groups in total. The maximum absolute atomic E-state index is 12.8. The van der Waals surface area contributed by atoms with E-state index in [4.69, 9.17) is 4.74 Å². The summed E-state index contributed by atoms with van der Waals surface area (Å²) in [6, 6.07) is 12.3. The van der Waals surface area contributed by atoms with Gasteiger partial charge in [0.2, 0.25) is 0 Å². The quantitative estimate of drug-likeness (QED) is 0.719. The molecule has 5 nitrogen and oxygen atoms in total. The van der Waals surface area contributed by atoms with Gasteiger partial charge >= 0.3 is 0 Å². The lowest BCUT2D eigenvalue weighted by Crippen LogP contribution is -2.40. The predicted octanol–water partition coefficient (Wildman–Crippen LogP) is 4.13. The van der Waals surface area contributed by atoms with E-state index in [9.17, 15) is 13.2 Å². The Morgan fingerprint density at radius 2 is 1.57 bits per heavy atom. The second kappa shape index (κ2) is 9.24. The largest absolute Gasteiger partial charge is 0.481 e. The molecule has 0 unspecified atom stereocenters. The minimum Gasteiger partial charge on any atom is -0.481 e. The van der Waals surface area contributed by atoms with Gasteiger partial charge < -0.3 is 10.1 Å². The van der Waals surface area contributed by atoms with E-state index >= 15 is 0 Å². The van der Waals surface area contributed by atoms with E-state index in [2.05, 4.69) is 11.4 Å². The summed E-state index contributed by atoms with van der Waals surface area (Å²) in [7, 11) is -3.24. The Balaban J connectivity index is 2.12. The van der Waals surface area contributed by atoms with Crippen molar-refractivity contribution in [1.29, 1.82) is 0 Å². The van der Waals surface area contributed by atoms with Crippen LogP contribution in [0.1, 0.15) is 49.4 Å². The summed E-state index contributed by atoms with van der Waals surface area (Å²) in [4.78, 5) is 13.1. The summed E-state index contributed by atoms with van der Waals surface area (Å²) in [5.74, 6) is 0.505. The standard InChI is InChI=1S/C22H29NO4S/c1-6-20(17-8-10-19(11-9-17)28(5,25)26)23-22(24)21(7-2)27-18-13-15(3)12-16(4)14-18/h8-14,20-21H,6-7H2,1-5H3,(H,23,24)/t20-,21-/m1/s1. The Hall–Kier alpha value is -2.34. The maximum Gasteiger partial charge on any atom is 0.261 e. The number of amides is 1. The molecule has 152 valence electrons. The van der Waals surface area contributed by atoms with Crippen molar-refractivity contribution in [1.82, 2.24) is 5.32 Å². The molecule has 0 aliphatic heterocycles. The molecule has 2 aromatic carbocycles. The van der Waals surface area contributed by atoms with Crippen LogP contribution in [0.25, 0.3) is 0 Å². The molecule has 0 saturated carbocycles. The van der Waals surface area contributed by atoms with Gasteiger partial charge in [-0.2, -0.15) is 0 Å². The highest BCUT2D eigenvalue weighted by Gasteiger charge is 2.22. The first-order valence-corrected chi connectivity index (χ1v) is 11.4. The molecule has 0 bridgehead atoms. The zero-order valence-corrected chi connectivity index (χ0v) is 18.0. The molecule has 0 spiro atoms. The van der Waals surface area contributed by atoms with Gasteiger partial charge in [0.1, 0.15) is 5.75 Å². The number of hydrogen-bond acceptors (Lipinski definition) is 4. The third kappa shape index (κ3) is 5.83. The second-order valence-corrected chi connectivity index (χ2v) is 9.16. The number of nitrogens with one attached hydrogen (secondary N) is 1. The van der Waals surface area contributed by atoms with Crippen molar-refractivity contribution in [3.63, 3.8) is 0 Å². The molecule has 0 saturated heterocycles. The zero-order valence-electron chi connectivity index (χ0n) is 17.2. The van der Waals surface area contributed by atoms with E-state index in [0.29, 0.717) is 18.6 Å². The first-order valence-electron chi connectivity index (χ1n) is 9.49. The van der Waals surface area contributed by atoms with Crippen molar-refractivity contribution in [3.05, 3.63) is 59.2 Å². The van der Waals surface area contributed by atoms with Crippen LogP contribution in [-0.4, -0.2) is 26.7 Å². The molecule has 0 fully saturated rings. The fourth-order valence-corrected chi connectivity index (χ4v) is 3.75. The Morgan fingerprint density at radius 1 is 1.00 bits per heavy atom. The molecule has 0 aromatic heterocycles. The van der Waals surface area contributed by atoms with Crippen LogP contribution in [0.4, 0.5) is 0 Å². The summed E-state index contributed by atoms with van der Waals surface area (Å²) >= 11 is 0. The summed E-state index contributed by atoms with van der Waals surface area (Å²) in [6.45, 7) is 7.87. The number of carbonyl (C=O) groups is 1. The van der Waals surface area contributed by atoms with Crippen molar-refractivity contribution >= 4 is 15.7 Å². The monoisotopic (exact) mass is 403 g/mol. The average molecular weight is 404 g/mol. The SMILES string of the molecule is CC[C@@H](Oc1cc(C)cc(C)c1)C(=O)N[C@H](CC)c1ccc(S(C)(=O)=O)cc1. The van der Waals surface area contributed by atoms with Gasteiger partial charge in [-0.1, -0.05) is 32.0 Å². The summed E-state index contributed by atoms with van der Waals surface area (Å²) in [6.07, 6.45) is 1.81. The third-order valence-corrected chi connectivity index (χ3v) is 5.70. The second-order valence-electron chi connectivity index (χ2n) is 7.15. The van der Waals surface area contributed by atoms with Gasteiger partial charge in [-0.05, 0) is 67.6 Å². The van der Waals surface area contributed by atoms with Crippen molar-refractivity contribution in [3.8, 4) is 5.75 Å². The van der Waals surface area contributed by atoms with Gasteiger partial charge in [0, 0.05) is 6.26 Å². The highest BCUT2D eigenvalue weighted by Crippen LogP contribution is 2.21. The molecule has 0 aliphatic rings. The van der Waals surface area contributed by atoms with Crippen LogP contribution in [0, 0.1) is 13.8 Å². The number of ether oxygens (including phenoxy) is 1. The maximum atomic E-state index is 12.8. The number of benzene rings is 2. The highest BCUT2D eigenvalue weighted by atomic mass is 32.2. The molecule has 0 radical (unpaired) electrons. The number of hydrogen-bond donors (Lipinski definition) is 1. The highest BCUT2D eigenvalue weighted by molar-refractivity contribution is 7.90. The van der Waals surface area contributed by atoms with Crippen LogP contribution in [0.3, 0.4) is 0 Å². The molecule has 6 heteroatoms. The fourth-order valence-electron chi connectivity index (χ4n) is 3.12. The third-order valence-electron chi connectivity index (χ3n) is 4.57. The van der Waals surface area contributed by atoms with E-state index in [1.165, 1.54) is 6.26 Å². The van der Waals surface area contributed by atoms with Crippen LogP contribution in [0.15, 0.2) is 47.4 Å². The van der Waals surface area contributed by atoms with Crippen molar-refractivity contribution < 1.29 is 17.9 Å². The van der Waals surface area contributed by atoms with Gasteiger partial charge in [-0.15, -0.1) is 0 Å². The number of carbonyl (C=O) groups excluding carboxylic acids is 1. The van der Waals surface area contributed by atoms with E-state index < -0.39 is 15.9 Å². The van der Waals surface area contributed by atoms with Gasteiger partial charge in [0.05, 0.1) is 10.9 Å². The molecular weight excluding hydrogens is 374 g/mol.